The van der Waals surface area contributed by atoms with Crippen molar-refractivity contribution in [2.24, 2.45) is 0 Å². The molecular weight excluding hydrogens is 245 g/mol. The Balaban J connectivity index is 2.22. The molecule has 19 heavy (non-hydrogen) atoms. The second-order valence-electron chi connectivity index (χ2n) is 4.64. The number of carbonyl (C=O) groups is 1. The highest BCUT2D eigenvalue weighted by atomic mass is 19.1. The number of aliphatic hydroxyl groups excluding tert-OH is 1. The van der Waals surface area contributed by atoms with Crippen molar-refractivity contribution in [2.75, 3.05) is 13.2 Å². The predicted molar refractivity (Wildman–Crippen MR) is 70.1 cm³/mol. The van der Waals surface area contributed by atoms with Crippen molar-refractivity contribution >= 4 is 5.91 Å². The van der Waals surface area contributed by atoms with Crippen LogP contribution in [0.2, 0.25) is 0 Å². The number of rotatable bonds is 1. The van der Waals surface area contributed by atoms with Crippen LogP contribution < -0.4 is 0 Å². The second-order valence-corrected chi connectivity index (χ2v) is 4.64. The molecule has 1 aliphatic rings. The first-order chi connectivity index (χ1) is 9.13. The molecule has 1 N–H and O–H groups in total. The van der Waals surface area contributed by atoms with E-state index in [9.17, 15) is 9.18 Å². The van der Waals surface area contributed by atoms with Crippen LogP contribution in [-0.2, 0) is 0 Å². The Morgan fingerprint density at radius 2 is 2.37 bits per heavy atom. The summed E-state index contributed by atoms with van der Waals surface area (Å²) in [6.07, 6.45) is 1.99. The summed E-state index contributed by atoms with van der Waals surface area (Å²) in [6.45, 7) is 2.42. The topological polar surface area (TPSA) is 40.5 Å². The Morgan fingerprint density at radius 3 is 2.95 bits per heavy atom. The van der Waals surface area contributed by atoms with Crippen molar-refractivity contribution in [3.63, 3.8) is 0 Å². The van der Waals surface area contributed by atoms with Gasteiger partial charge in [0, 0.05) is 18.2 Å². The molecule has 0 aromatic heterocycles. The van der Waals surface area contributed by atoms with Gasteiger partial charge >= 0.3 is 0 Å². The van der Waals surface area contributed by atoms with Crippen LogP contribution in [0.15, 0.2) is 18.2 Å². The molecule has 2 rings (SSSR count). The standard InChI is InChI=1S/C15H16FNO2/c1-11-4-2-8-17(11)15(19)13-7-6-12(5-3-9-18)14(16)10-13/h6-7,10-11,18H,2,4,8-9H2,1H3. The van der Waals surface area contributed by atoms with Crippen molar-refractivity contribution < 1.29 is 14.3 Å². The number of nitrogens with zero attached hydrogens (tertiary/aromatic N) is 1. The largest absolute Gasteiger partial charge is 0.384 e. The lowest BCUT2D eigenvalue weighted by atomic mass is 10.1. The average Bonchev–Trinajstić information content (AvgIpc) is 2.82. The summed E-state index contributed by atoms with van der Waals surface area (Å²) in [5.74, 6) is 4.23. The van der Waals surface area contributed by atoms with Crippen LogP contribution in [0.5, 0.6) is 0 Å². The first kappa shape index (κ1) is 13.6. The van der Waals surface area contributed by atoms with E-state index in [-0.39, 0.29) is 24.1 Å². The minimum absolute atomic E-state index is 0.134. The van der Waals surface area contributed by atoms with E-state index >= 15 is 0 Å². The molecule has 1 saturated heterocycles. The van der Waals surface area contributed by atoms with Crippen LogP contribution >= 0.6 is 0 Å². The first-order valence-electron chi connectivity index (χ1n) is 6.33. The summed E-state index contributed by atoms with van der Waals surface area (Å²) in [5.41, 5.74) is 0.542. The Bertz CT molecular complexity index is 545. The molecular formula is C15H16FNO2. The van der Waals surface area contributed by atoms with E-state index in [1.807, 2.05) is 6.92 Å². The lowest BCUT2D eigenvalue weighted by Gasteiger charge is -2.21. The normalized spacial score (nSPS) is 18.1. The Labute approximate surface area is 112 Å². The fraction of sp³-hybridized carbons (Fsp3) is 0.400. The summed E-state index contributed by atoms with van der Waals surface area (Å²) < 4.78 is 13.8. The SMILES string of the molecule is CC1CCCN1C(=O)c1ccc(C#CCO)c(F)c1. The first-order valence-corrected chi connectivity index (χ1v) is 6.33. The van der Waals surface area contributed by atoms with Crippen molar-refractivity contribution in [2.45, 2.75) is 25.8 Å². The van der Waals surface area contributed by atoms with Crippen molar-refractivity contribution in [1.82, 2.24) is 4.90 Å². The number of halogens is 1. The van der Waals surface area contributed by atoms with Gasteiger partial charge in [0.05, 0.1) is 5.56 Å². The molecule has 1 heterocycles. The minimum Gasteiger partial charge on any atom is -0.384 e. The number of hydrogen-bond donors (Lipinski definition) is 1. The van der Waals surface area contributed by atoms with Gasteiger partial charge in [-0.3, -0.25) is 4.79 Å². The summed E-state index contributed by atoms with van der Waals surface area (Å²) in [7, 11) is 0. The summed E-state index contributed by atoms with van der Waals surface area (Å²) >= 11 is 0. The van der Waals surface area contributed by atoms with Crippen LogP contribution in [0.25, 0.3) is 0 Å². The van der Waals surface area contributed by atoms with Crippen LogP contribution in [0.3, 0.4) is 0 Å². The van der Waals surface area contributed by atoms with Gasteiger partial charge in [0.1, 0.15) is 12.4 Å². The van der Waals surface area contributed by atoms with Gasteiger partial charge in [-0.1, -0.05) is 11.8 Å². The molecule has 100 valence electrons. The molecule has 0 aliphatic carbocycles. The molecule has 4 heteroatoms. The van der Waals surface area contributed by atoms with Gasteiger partial charge in [0.25, 0.3) is 5.91 Å². The Morgan fingerprint density at radius 1 is 1.58 bits per heavy atom. The average molecular weight is 261 g/mol. The number of carbonyl (C=O) groups excluding carboxylic acids is 1. The third-order valence-corrected chi connectivity index (χ3v) is 3.33. The minimum atomic E-state index is -0.529. The highest BCUT2D eigenvalue weighted by Gasteiger charge is 2.26. The fourth-order valence-corrected chi connectivity index (χ4v) is 2.29. The van der Waals surface area contributed by atoms with E-state index in [0.717, 1.165) is 19.4 Å². The summed E-state index contributed by atoms with van der Waals surface area (Å²) in [5, 5.41) is 8.58. The van der Waals surface area contributed by atoms with Crippen LogP contribution in [0.1, 0.15) is 35.7 Å². The van der Waals surface area contributed by atoms with Gasteiger partial charge in [0.15, 0.2) is 0 Å². The van der Waals surface area contributed by atoms with Crippen molar-refractivity contribution in [1.29, 1.82) is 0 Å². The maximum atomic E-state index is 13.8. The third-order valence-electron chi connectivity index (χ3n) is 3.33. The summed E-state index contributed by atoms with van der Waals surface area (Å²) in [4.78, 5) is 14.0. The van der Waals surface area contributed by atoms with Crippen LogP contribution in [0.4, 0.5) is 4.39 Å². The molecule has 0 radical (unpaired) electrons. The second kappa shape index (κ2) is 5.85. The molecule has 0 saturated carbocycles. The molecule has 1 fully saturated rings. The molecule has 0 bridgehead atoms. The fourth-order valence-electron chi connectivity index (χ4n) is 2.29. The van der Waals surface area contributed by atoms with E-state index in [4.69, 9.17) is 5.11 Å². The number of benzene rings is 1. The molecule has 1 atom stereocenters. The lowest BCUT2D eigenvalue weighted by molar-refractivity contribution is 0.0747. The van der Waals surface area contributed by atoms with Gasteiger partial charge in [-0.25, -0.2) is 4.39 Å². The molecule has 1 amide bonds. The zero-order chi connectivity index (χ0) is 13.8. The maximum Gasteiger partial charge on any atom is 0.254 e. The van der Waals surface area contributed by atoms with Gasteiger partial charge < -0.3 is 10.0 Å². The number of aliphatic hydroxyl groups is 1. The van der Waals surface area contributed by atoms with Gasteiger partial charge in [0.2, 0.25) is 0 Å². The smallest absolute Gasteiger partial charge is 0.254 e. The number of amides is 1. The highest BCUT2D eigenvalue weighted by Crippen LogP contribution is 2.20. The highest BCUT2D eigenvalue weighted by molar-refractivity contribution is 5.94. The van der Waals surface area contributed by atoms with Crippen molar-refractivity contribution in [3.05, 3.63) is 35.1 Å². The van der Waals surface area contributed by atoms with Gasteiger partial charge in [-0.15, -0.1) is 0 Å². The van der Waals surface area contributed by atoms with E-state index in [1.54, 1.807) is 11.0 Å². The predicted octanol–water partition coefficient (Wildman–Crippen LogP) is 1.79. The number of likely N-dealkylation sites (tertiary alicyclic amines) is 1. The zero-order valence-electron chi connectivity index (χ0n) is 10.8. The van der Waals surface area contributed by atoms with Gasteiger partial charge in [-0.05, 0) is 38.0 Å². The maximum absolute atomic E-state index is 13.8. The van der Waals surface area contributed by atoms with Crippen molar-refractivity contribution in [3.8, 4) is 11.8 Å². The monoisotopic (exact) mass is 261 g/mol. The molecule has 3 nitrogen and oxygen atoms in total. The summed E-state index contributed by atoms with van der Waals surface area (Å²) in [6, 6.07) is 4.49. The van der Waals surface area contributed by atoms with E-state index < -0.39 is 5.82 Å². The Kier molecular flexibility index (Phi) is 4.18. The third kappa shape index (κ3) is 2.94. The van der Waals surface area contributed by atoms with Crippen LogP contribution in [-0.4, -0.2) is 35.1 Å². The van der Waals surface area contributed by atoms with E-state index in [2.05, 4.69) is 11.8 Å². The zero-order valence-corrected chi connectivity index (χ0v) is 10.8. The number of hydrogen-bond acceptors (Lipinski definition) is 2. The molecule has 1 unspecified atom stereocenters. The van der Waals surface area contributed by atoms with Gasteiger partial charge in [-0.2, -0.15) is 0 Å². The quantitative estimate of drug-likeness (QED) is 0.783. The van der Waals surface area contributed by atoms with E-state index in [1.165, 1.54) is 12.1 Å². The lowest BCUT2D eigenvalue weighted by Crippen LogP contribution is -2.33. The molecule has 1 aromatic rings. The molecule has 0 spiro atoms. The van der Waals surface area contributed by atoms with E-state index in [0.29, 0.717) is 5.56 Å². The molecule has 1 aromatic carbocycles. The van der Waals surface area contributed by atoms with Crippen LogP contribution in [0, 0.1) is 17.7 Å². The Hall–Kier alpha value is -1.86. The molecule has 1 aliphatic heterocycles.